The third-order valence-electron chi connectivity index (χ3n) is 3.26. The first kappa shape index (κ1) is 14.3. The topological polar surface area (TPSA) is 66.8 Å². The smallest absolute Gasteiger partial charge is 0.328 e. The molecule has 1 amide bonds. The van der Waals surface area contributed by atoms with E-state index in [1.165, 1.54) is 4.90 Å². The summed E-state index contributed by atoms with van der Waals surface area (Å²) in [6, 6.07) is 2.50. The zero-order valence-electron chi connectivity index (χ0n) is 11.1. The van der Waals surface area contributed by atoms with E-state index in [4.69, 9.17) is 4.74 Å². The third-order valence-corrected chi connectivity index (χ3v) is 3.26. The van der Waals surface area contributed by atoms with Gasteiger partial charge in [-0.2, -0.15) is 0 Å². The van der Waals surface area contributed by atoms with Crippen molar-refractivity contribution in [1.29, 1.82) is 0 Å². The van der Waals surface area contributed by atoms with E-state index in [0.29, 0.717) is 19.4 Å². The number of carbonyl (C=O) groups excluding carboxylic acids is 2. The fraction of sp³-hybridized carbons (Fsp3) is 0.429. The van der Waals surface area contributed by atoms with Gasteiger partial charge in [-0.05, 0) is 38.0 Å². The monoisotopic (exact) mass is 281 g/mol. The standard InChI is InChI=1S/C14H16FNO4/c1-2-20-14(19)11-4-3-7-16(11)13(18)10-8-9(15)5-6-12(10)17/h5-6,8,11,17H,2-4,7H2,1H3. The zero-order chi connectivity index (χ0) is 14.7. The molecule has 1 aromatic rings. The predicted molar refractivity (Wildman–Crippen MR) is 68.8 cm³/mol. The number of carbonyl (C=O) groups is 2. The molecule has 1 aliphatic rings. The van der Waals surface area contributed by atoms with Crippen LogP contribution in [0.3, 0.4) is 0 Å². The average molecular weight is 281 g/mol. The van der Waals surface area contributed by atoms with Crippen molar-refractivity contribution in [3.05, 3.63) is 29.6 Å². The Morgan fingerprint density at radius 1 is 1.50 bits per heavy atom. The van der Waals surface area contributed by atoms with Gasteiger partial charge in [0.05, 0.1) is 12.2 Å². The average Bonchev–Trinajstić information content (AvgIpc) is 2.90. The van der Waals surface area contributed by atoms with Crippen molar-refractivity contribution < 1.29 is 23.8 Å². The summed E-state index contributed by atoms with van der Waals surface area (Å²) in [5.41, 5.74) is -0.138. The molecule has 5 nitrogen and oxygen atoms in total. The SMILES string of the molecule is CCOC(=O)C1CCCN1C(=O)c1cc(F)ccc1O. The quantitative estimate of drug-likeness (QED) is 0.856. The van der Waals surface area contributed by atoms with Crippen LogP contribution in [-0.4, -0.2) is 41.1 Å². The molecule has 1 heterocycles. The van der Waals surface area contributed by atoms with E-state index in [0.717, 1.165) is 18.2 Å². The number of phenolic OH excluding ortho intramolecular Hbond substituents is 1. The molecule has 1 aliphatic heterocycles. The number of ether oxygens (including phenoxy) is 1. The first-order chi connectivity index (χ1) is 9.54. The van der Waals surface area contributed by atoms with Crippen molar-refractivity contribution in [2.75, 3.05) is 13.2 Å². The number of esters is 1. The van der Waals surface area contributed by atoms with Gasteiger partial charge >= 0.3 is 5.97 Å². The Balaban J connectivity index is 2.23. The van der Waals surface area contributed by atoms with E-state index in [2.05, 4.69) is 0 Å². The van der Waals surface area contributed by atoms with Crippen molar-refractivity contribution in [2.24, 2.45) is 0 Å². The van der Waals surface area contributed by atoms with Gasteiger partial charge in [-0.1, -0.05) is 0 Å². The Kier molecular flexibility index (Phi) is 4.22. The summed E-state index contributed by atoms with van der Waals surface area (Å²) in [4.78, 5) is 25.4. The molecular formula is C14H16FNO4. The van der Waals surface area contributed by atoms with Crippen LogP contribution in [0, 0.1) is 5.82 Å². The van der Waals surface area contributed by atoms with E-state index < -0.39 is 23.7 Å². The Labute approximate surface area is 116 Å². The first-order valence-corrected chi connectivity index (χ1v) is 6.50. The number of halogens is 1. The second-order valence-corrected chi connectivity index (χ2v) is 4.57. The van der Waals surface area contributed by atoms with E-state index in [1.54, 1.807) is 6.92 Å². The van der Waals surface area contributed by atoms with E-state index in [-0.39, 0.29) is 17.9 Å². The van der Waals surface area contributed by atoms with Gasteiger partial charge in [0.25, 0.3) is 5.91 Å². The second-order valence-electron chi connectivity index (χ2n) is 4.57. The molecule has 1 atom stereocenters. The molecule has 0 saturated carbocycles. The van der Waals surface area contributed by atoms with Gasteiger partial charge in [-0.15, -0.1) is 0 Å². The molecule has 1 unspecified atom stereocenters. The van der Waals surface area contributed by atoms with Crippen LogP contribution < -0.4 is 0 Å². The minimum Gasteiger partial charge on any atom is -0.507 e. The van der Waals surface area contributed by atoms with Crippen LogP contribution >= 0.6 is 0 Å². The van der Waals surface area contributed by atoms with Crippen LogP contribution in [-0.2, 0) is 9.53 Å². The lowest BCUT2D eigenvalue weighted by atomic mass is 10.1. The van der Waals surface area contributed by atoms with Gasteiger partial charge < -0.3 is 14.7 Å². The van der Waals surface area contributed by atoms with Crippen LogP contribution in [0.2, 0.25) is 0 Å². The molecule has 1 aromatic carbocycles. The van der Waals surface area contributed by atoms with E-state index in [1.807, 2.05) is 0 Å². The summed E-state index contributed by atoms with van der Waals surface area (Å²) in [6.07, 6.45) is 1.19. The Hall–Kier alpha value is -2.11. The second kappa shape index (κ2) is 5.90. The fourth-order valence-electron chi connectivity index (χ4n) is 2.33. The third kappa shape index (κ3) is 2.74. The molecule has 6 heteroatoms. The normalized spacial score (nSPS) is 18.1. The lowest BCUT2D eigenvalue weighted by molar-refractivity contribution is -0.147. The highest BCUT2D eigenvalue weighted by molar-refractivity contribution is 5.99. The van der Waals surface area contributed by atoms with Gasteiger partial charge in [0.15, 0.2) is 0 Å². The summed E-state index contributed by atoms with van der Waals surface area (Å²) >= 11 is 0. The van der Waals surface area contributed by atoms with Crippen LogP contribution in [0.25, 0.3) is 0 Å². The largest absolute Gasteiger partial charge is 0.507 e. The predicted octanol–water partition coefficient (Wildman–Crippen LogP) is 1.70. The maximum Gasteiger partial charge on any atom is 0.328 e. The number of hydrogen-bond donors (Lipinski definition) is 1. The molecule has 0 aromatic heterocycles. The van der Waals surface area contributed by atoms with E-state index >= 15 is 0 Å². The van der Waals surface area contributed by atoms with Gasteiger partial charge in [-0.25, -0.2) is 9.18 Å². The van der Waals surface area contributed by atoms with Gasteiger partial charge in [-0.3, -0.25) is 4.79 Å². The molecule has 0 radical (unpaired) electrons. The Morgan fingerprint density at radius 3 is 2.95 bits per heavy atom. The first-order valence-electron chi connectivity index (χ1n) is 6.50. The van der Waals surface area contributed by atoms with Gasteiger partial charge in [0.1, 0.15) is 17.6 Å². The number of hydrogen-bond acceptors (Lipinski definition) is 4. The van der Waals surface area contributed by atoms with Gasteiger partial charge in [0, 0.05) is 6.54 Å². The summed E-state index contributed by atoms with van der Waals surface area (Å²) in [5.74, 6) is -1.93. The van der Waals surface area contributed by atoms with Crippen LogP contribution in [0.5, 0.6) is 5.75 Å². The highest BCUT2D eigenvalue weighted by atomic mass is 19.1. The molecule has 108 valence electrons. The van der Waals surface area contributed by atoms with Crippen molar-refractivity contribution >= 4 is 11.9 Å². The molecule has 1 saturated heterocycles. The molecule has 1 fully saturated rings. The van der Waals surface area contributed by atoms with Crippen LogP contribution in [0.1, 0.15) is 30.1 Å². The Bertz CT molecular complexity index is 532. The zero-order valence-corrected chi connectivity index (χ0v) is 11.1. The highest BCUT2D eigenvalue weighted by Crippen LogP contribution is 2.25. The van der Waals surface area contributed by atoms with E-state index in [9.17, 15) is 19.1 Å². The number of likely N-dealkylation sites (tertiary alicyclic amines) is 1. The number of amides is 1. The van der Waals surface area contributed by atoms with Crippen LogP contribution in [0.4, 0.5) is 4.39 Å². The molecule has 0 bridgehead atoms. The molecule has 20 heavy (non-hydrogen) atoms. The molecular weight excluding hydrogens is 265 g/mol. The summed E-state index contributed by atoms with van der Waals surface area (Å²) in [6.45, 7) is 2.32. The van der Waals surface area contributed by atoms with Gasteiger partial charge in [0.2, 0.25) is 0 Å². The summed E-state index contributed by atoms with van der Waals surface area (Å²) < 4.78 is 18.1. The molecule has 1 N–H and O–H groups in total. The minimum atomic E-state index is -0.662. The van der Waals surface area contributed by atoms with Crippen molar-refractivity contribution in [1.82, 2.24) is 4.90 Å². The summed E-state index contributed by atoms with van der Waals surface area (Å²) in [5, 5.41) is 9.66. The minimum absolute atomic E-state index is 0.138. The lowest BCUT2D eigenvalue weighted by Gasteiger charge is -2.23. The summed E-state index contributed by atoms with van der Waals surface area (Å²) in [7, 11) is 0. The maximum absolute atomic E-state index is 13.2. The lowest BCUT2D eigenvalue weighted by Crippen LogP contribution is -2.41. The molecule has 2 rings (SSSR count). The Morgan fingerprint density at radius 2 is 2.25 bits per heavy atom. The fourth-order valence-corrected chi connectivity index (χ4v) is 2.33. The number of rotatable bonds is 3. The number of nitrogens with zero attached hydrogens (tertiary/aromatic N) is 1. The van der Waals surface area contributed by atoms with Crippen molar-refractivity contribution in [2.45, 2.75) is 25.8 Å². The number of benzene rings is 1. The van der Waals surface area contributed by atoms with Crippen LogP contribution in [0.15, 0.2) is 18.2 Å². The van der Waals surface area contributed by atoms with Crippen molar-refractivity contribution in [3.63, 3.8) is 0 Å². The van der Waals surface area contributed by atoms with Crippen molar-refractivity contribution in [3.8, 4) is 5.75 Å². The highest BCUT2D eigenvalue weighted by Gasteiger charge is 2.36. The molecule has 0 spiro atoms. The molecule has 0 aliphatic carbocycles. The maximum atomic E-state index is 13.2. The number of aromatic hydroxyl groups is 1. The number of phenols is 1.